The van der Waals surface area contributed by atoms with Crippen molar-refractivity contribution < 1.29 is 68.7 Å². The van der Waals surface area contributed by atoms with Crippen LogP contribution in [0.15, 0.2) is 11.3 Å². The van der Waals surface area contributed by atoms with Gasteiger partial charge >= 0.3 is 5.97 Å². The maximum absolute atomic E-state index is 11.8. The summed E-state index contributed by atoms with van der Waals surface area (Å²) >= 11 is 1.33. The molecule has 0 saturated carbocycles. The maximum atomic E-state index is 11.8. The molecule has 101 valence electrons. The van der Waals surface area contributed by atoms with Crippen LogP contribution >= 0.6 is 11.8 Å². The minimum atomic E-state index is -1.24. The third-order valence-electron chi connectivity index (χ3n) is 2.80. The van der Waals surface area contributed by atoms with Crippen LogP contribution in [0.1, 0.15) is 6.92 Å². The molecule has 2 aliphatic rings. The van der Waals surface area contributed by atoms with Crippen molar-refractivity contribution in [3.05, 3.63) is 11.3 Å². The second-order valence-corrected chi connectivity index (χ2v) is 5.11. The molecule has 2 heterocycles. The first-order valence-corrected chi connectivity index (χ1v) is 6.30. The number of carbonyl (C=O) groups is 3. The van der Waals surface area contributed by atoms with E-state index >= 15 is 0 Å². The zero-order valence-corrected chi connectivity index (χ0v) is 15.7. The van der Waals surface area contributed by atoms with Gasteiger partial charge in [0.05, 0.1) is 6.61 Å². The van der Waals surface area contributed by atoms with Crippen molar-refractivity contribution in [2.45, 2.75) is 18.3 Å². The fourth-order valence-corrected chi connectivity index (χ4v) is 3.36. The molecule has 0 aromatic rings. The van der Waals surface area contributed by atoms with E-state index in [1.54, 1.807) is 0 Å². The minimum Gasteiger partial charge on any atom is -0.477 e. The molecule has 1 fully saturated rings. The number of hydrogen-bond donors (Lipinski definition) is 3. The van der Waals surface area contributed by atoms with Gasteiger partial charge in [-0.3, -0.25) is 14.5 Å². The molecule has 1 radical (unpaired) electrons. The van der Waals surface area contributed by atoms with E-state index < -0.39 is 29.9 Å². The fraction of sp³-hybridized carbons (Fsp3) is 0.500. The van der Waals surface area contributed by atoms with E-state index in [-0.39, 0.29) is 55.7 Å². The summed E-state index contributed by atoms with van der Waals surface area (Å²) in [5.41, 5.74) is 0.159. The summed E-state index contributed by atoms with van der Waals surface area (Å²) in [6.45, 7) is 0.909. The molecule has 0 aliphatic carbocycles. The van der Waals surface area contributed by atoms with Crippen molar-refractivity contribution in [2.24, 2.45) is 0 Å². The Balaban J connectivity index is 0.00000180. The molecular formula is C10H12AcN2O5S. The molecule has 0 aromatic heterocycles. The Morgan fingerprint density at radius 1 is 1.53 bits per heavy atom. The van der Waals surface area contributed by atoms with Gasteiger partial charge in [-0.15, -0.1) is 11.8 Å². The van der Waals surface area contributed by atoms with Gasteiger partial charge in [0, 0.05) is 56.7 Å². The molecule has 2 atom stereocenters. The van der Waals surface area contributed by atoms with Gasteiger partial charge in [0.25, 0.3) is 5.91 Å². The zero-order valence-electron chi connectivity index (χ0n) is 10.1. The molecule has 9 heteroatoms. The predicted octanol–water partition coefficient (Wildman–Crippen LogP) is -1.26. The standard InChI is InChI=1S/C10H12N2O5S.Ac/c1-4(14)11-6-8(15)12-7(10(16)17)5(2-13)3-18-9(6)12;/h6,9,13H,2-3H2,1H3,(H,11,14)(H,16,17);. The summed E-state index contributed by atoms with van der Waals surface area (Å²) in [4.78, 5) is 35.0. The number of β-lactam (4-membered cyclic amide) rings is 1. The number of thioether (sulfide) groups is 1. The van der Waals surface area contributed by atoms with Crippen molar-refractivity contribution in [3.8, 4) is 0 Å². The number of carboxylic acid groups (broad SMARTS) is 1. The van der Waals surface area contributed by atoms with Gasteiger partial charge in [-0.25, -0.2) is 4.79 Å². The van der Waals surface area contributed by atoms with Crippen LogP contribution in [0.25, 0.3) is 0 Å². The number of aliphatic hydroxyl groups excluding tert-OH is 1. The molecule has 2 rings (SSSR count). The molecule has 3 N–H and O–H groups in total. The molecule has 1 saturated heterocycles. The topological polar surface area (TPSA) is 107 Å². The van der Waals surface area contributed by atoms with Crippen molar-refractivity contribution in [2.75, 3.05) is 12.4 Å². The van der Waals surface area contributed by atoms with Gasteiger partial charge in [0.15, 0.2) is 0 Å². The average molecular weight is 499 g/mol. The van der Waals surface area contributed by atoms with Crippen molar-refractivity contribution in [1.82, 2.24) is 10.2 Å². The van der Waals surface area contributed by atoms with Gasteiger partial charge in [-0.2, -0.15) is 0 Å². The first-order valence-electron chi connectivity index (χ1n) is 5.25. The number of carboxylic acids is 1. The number of amides is 2. The largest absolute Gasteiger partial charge is 0.477 e. The van der Waals surface area contributed by atoms with Crippen LogP contribution in [-0.4, -0.2) is 56.7 Å². The Hall–Kier alpha value is -0.0984. The third kappa shape index (κ3) is 2.99. The molecule has 2 unspecified atom stereocenters. The number of fused-ring (bicyclic) bond motifs is 1. The van der Waals surface area contributed by atoms with Crippen LogP contribution < -0.4 is 5.32 Å². The number of nitrogens with zero attached hydrogens (tertiary/aromatic N) is 1. The summed E-state index contributed by atoms with van der Waals surface area (Å²) in [5, 5.41) is 20.3. The summed E-state index contributed by atoms with van der Waals surface area (Å²) in [5.74, 6) is -1.69. The second kappa shape index (κ2) is 6.57. The van der Waals surface area contributed by atoms with Gasteiger partial charge < -0.3 is 15.5 Å². The van der Waals surface area contributed by atoms with Gasteiger partial charge in [-0.1, -0.05) is 0 Å². The monoisotopic (exact) mass is 499 g/mol. The van der Waals surface area contributed by atoms with Crippen molar-refractivity contribution in [3.63, 3.8) is 0 Å². The van der Waals surface area contributed by atoms with E-state index in [4.69, 9.17) is 10.2 Å². The van der Waals surface area contributed by atoms with E-state index in [1.165, 1.54) is 18.7 Å². The summed E-state index contributed by atoms with van der Waals surface area (Å²) in [6, 6.07) is -0.679. The Morgan fingerprint density at radius 3 is 2.63 bits per heavy atom. The molecular weight excluding hydrogens is 487 g/mol. The number of rotatable bonds is 3. The zero-order chi connectivity index (χ0) is 13.4. The van der Waals surface area contributed by atoms with Gasteiger partial charge in [0.1, 0.15) is 17.1 Å². The van der Waals surface area contributed by atoms with Gasteiger partial charge in [0.2, 0.25) is 5.91 Å². The minimum absolute atomic E-state index is 0. The second-order valence-electron chi connectivity index (χ2n) is 4.00. The molecule has 0 aromatic carbocycles. The smallest absolute Gasteiger partial charge is 0.352 e. The number of hydrogen-bond acceptors (Lipinski definition) is 5. The predicted molar refractivity (Wildman–Crippen MR) is 62.4 cm³/mol. The van der Waals surface area contributed by atoms with Crippen LogP contribution in [0.2, 0.25) is 0 Å². The van der Waals surface area contributed by atoms with Crippen LogP contribution in [0, 0.1) is 44.1 Å². The summed E-state index contributed by atoms with van der Waals surface area (Å²) < 4.78 is 0. The summed E-state index contributed by atoms with van der Waals surface area (Å²) in [6.07, 6.45) is 0. The molecule has 2 aliphatic heterocycles. The maximum Gasteiger partial charge on any atom is 0.352 e. The number of carbonyl (C=O) groups excluding carboxylic acids is 2. The average Bonchev–Trinajstić information content (AvgIpc) is 2.33. The fourth-order valence-electron chi connectivity index (χ4n) is 2.02. The van der Waals surface area contributed by atoms with Crippen LogP contribution in [-0.2, 0) is 14.4 Å². The molecule has 7 nitrogen and oxygen atoms in total. The van der Waals surface area contributed by atoms with Crippen molar-refractivity contribution >= 4 is 29.5 Å². The Labute approximate surface area is 149 Å². The Morgan fingerprint density at radius 2 is 2.16 bits per heavy atom. The van der Waals surface area contributed by atoms with Gasteiger partial charge in [-0.05, 0) is 5.57 Å². The van der Waals surface area contributed by atoms with Crippen LogP contribution in [0.3, 0.4) is 0 Å². The number of aliphatic hydroxyl groups is 1. The first kappa shape index (κ1) is 17.0. The Kier molecular flexibility index (Phi) is 5.86. The van der Waals surface area contributed by atoms with E-state index in [0.717, 1.165) is 4.90 Å². The molecule has 2 amide bonds. The quantitative estimate of drug-likeness (QED) is 0.419. The first-order chi connectivity index (χ1) is 8.47. The van der Waals surface area contributed by atoms with E-state index in [1.807, 2.05) is 0 Å². The van der Waals surface area contributed by atoms with E-state index in [0.29, 0.717) is 11.3 Å². The third-order valence-corrected chi connectivity index (χ3v) is 4.14. The van der Waals surface area contributed by atoms with Crippen molar-refractivity contribution in [1.29, 1.82) is 0 Å². The SMILES string of the molecule is CC(=O)NC1C(=O)N2C(C(=O)O)=C(CO)CSC12.[Ac]. The number of aliphatic carboxylic acids is 1. The van der Waals surface area contributed by atoms with Crippen LogP contribution in [0.5, 0.6) is 0 Å². The van der Waals surface area contributed by atoms with Crippen LogP contribution in [0.4, 0.5) is 0 Å². The summed E-state index contributed by atoms with van der Waals surface area (Å²) in [7, 11) is 0. The molecule has 19 heavy (non-hydrogen) atoms. The molecule has 0 bridgehead atoms. The van der Waals surface area contributed by atoms with E-state index in [2.05, 4.69) is 5.32 Å². The molecule has 0 spiro atoms. The Bertz CT molecular complexity index is 467. The van der Waals surface area contributed by atoms with E-state index in [9.17, 15) is 14.4 Å². The number of nitrogens with one attached hydrogen (secondary N) is 1. The normalized spacial score (nSPS) is 25.2.